The van der Waals surface area contributed by atoms with E-state index in [2.05, 4.69) is 30.4 Å². The highest BCUT2D eigenvalue weighted by Crippen LogP contribution is 2.34. The van der Waals surface area contributed by atoms with Crippen LogP contribution in [0.4, 0.5) is 0 Å². The van der Waals surface area contributed by atoms with Crippen molar-refractivity contribution in [3.05, 3.63) is 29.8 Å². The molecule has 2 N–H and O–H groups in total. The maximum absolute atomic E-state index is 9.87. The second-order valence-corrected chi connectivity index (χ2v) is 6.69. The van der Waals surface area contributed by atoms with Crippen molar-refractivity contribution in [3.63, 3.8) is 0 Å². The first-order chi connectivity index (χ1) is 10.2. The number of benzene rings is 1. The highest BCUT2D eigenvalue weighted by Gasteiger charge is 2.40. The van der Waals surface area contributed by atoms with Crippen LogP contribution in [0.25, 0.3) is 0 Å². The molecule has 0 heterocycles. The van der Waals surface area contributed by atoms with E-state index in [9.17, 15) is 5.11 Å². The molecule has 0 amide bonds. The third-order valence-corrected chi connectivity index (χ3v) is 4.80. The Morgan fingerprint density at radius 3 is 2.90 bits per heavy atom. The monoisotopic (exact) mass is 289 g/mol. The van der Waals surface area contributed by atoms with Crippen molar-refractivity contribution < 1.29 is 9.84 Å². The second kappa shape index (κ2) is 6.37. The summed E-state index contributed by atoms with van der Waals surface area (Å²) in [5, 5.41) is 13.5. The third kappa shape index (κ3) is 3.78. The minimum atomic E-state index is -0.119. The second-order valence-electron chi connectivity index (χ2n) is 6.69. The molecular weight excluding hydrogens is 262 g/mol. The van der Waals surface area contributed by atoms with Crippen LogP contribution in [0.3, 0.4) is 0 Å². The average Bonchev–Trinajstić information content (AvgIpc) is 3.31. The number of hydrogen-bond acceptors (Lipinski definition) is 3. The summed E-state index contributed by atoms with van der Waals surface area (Å²) in [5.41, 5.74) is 1.19. The predicted octanol–water partition coefficient (Wildman–Crippen LogP) is 3.05. The number of aliphatic hydroxyl groups is 1. The van der Waals surface area contributed by atoms with E-state index in [1.54, 1.807) is 0 Å². The lowest BCUT2D eigenvalue weighted by Crippen LogP contribution is -2.54. The molecule has 1 aromatic rings. The summed E-state index contributed by atoms with van der Waals surface area (Å²) in [6.07, 6.45) is 7.95. The van der Waals surface area contributed by atoms with Crippen molar-refractivity contribution in [1.82, 2.24) is 5.32 Å². The van der Waals surface area contributed by atoms with Gasteiger partial charge < -0.3 is 15.2 Å². The fraction of sp³-hybridized carbons (Fsp3) is 0.667. The molecule has 0 spiro atoms. The van der Waals surface area contributed by atoms with Crippen LogP contribution in [0.5, 0.6) is 5.75 Å². The lowest BCUT2D eigenvalue weighted by molar-refractivity contribution is 0.0497. The first-order valence-corrected chi connectivity index (χ1v) is 8.37. The van der Waals surface area contributed by atoms with Gasteiger partial charge in [-0.1, -0.05) is 19.1 Å². The predicted molar refractivity (Wildman–Crippen MR) is 84.7 cm³/mol. The lowest BCUT2D eigenvalue weighted by Gasteiger charge is -2.40. The molecule has 3 heteroatoms. The number of aryl methyl sites for hydroxylation is 1. The van der Waals surface area contributed by atoms with E-state index in [1.165, 1.54) is 18.4 Å². The fourth-order valence-corrected chi connectivity index (χ4v) is 3.42. The molecule has 3 rings (SSSR count). The van der Waals surface area contributed by atoms with Gasteiger partial charge in [-0.3, -0.25) is 0 Å². The maximum Gasteiger partial charge on any atom is 0.119 e. The zero-order valence-corrected chi connectivity index (χ0v) is 13.0. The van der Waals surface area contributed by atoms with Gasteiger partial charge in [-0.25, -0.2) is 0 Å². The molecule has 2 aliphatic carbocycles. The van der Waals surface area contributed by atoms with Crippen molar-refractivity contribution in [1.29, 1.82) is 0 Å². The van der Waals surface area contributed by atoms with Crippen LogP contribution in [0.15, 0.2) is 24.3 Å². The molecule has 2 unspecified atom stereocenters. The van der Waals surface area contributed by atoms with Gasteiger partial charge in [0.15, 0.2) is 0 Å². The summed E-state index contributed by atoms with van der Waals surface area (Å²) in [7, 11) is 0. The molecule has 1 aromatic carbocycles. The van der Waals surface area contributed by atoms with E-state index in [-0.39, 0.29) is 18.2 Å². The van der Waals surface area contributed by atoms with Crippen molar-refractivity contribution in [2.75, 3.05) is 6.61 Å². The first-order valence-electron chi connectivity index (χ1n) is 8.37. The number of ether oxygens (including phenoxy) is 1. The van der Waals surface area contributed by atoms with Crippen LogP contribution in [-0.2, 0) is 6.42 Å². The molecular formula is C18H27NO2. The highest BCUT2D eigenvalue weighted by atomic mass is 16.5. The van der Waals surface area contributed by atoms with E-state index in [0.717, 1.165) is 37.9 Å². The van der Waals surface area contributed by atoms with Crippen molar-refractivity contribution in [2.24, 2.45) is 0 Å². The topological polar surface area (TPSA) is 41.5 Å². The average molecular weight is 289 g/mol. The minimum absolute atomic E-state index is 0.119. The summed E-state index contributed by atoms with van der Waals surface area (Å²) < 4.78 is 6.21. The van der Waals surface area contributed by atoms with Crippen LogP contribution in [-0.4, -0.2) is 29.4 Å². The van der Waals surface area contributed by atoms with Gasteiger partial charge in [0, 0.05) is 18.0 Å². The van der Waals surface area contributed by atoms with E-state index < -0.39 is 0 Å². The molecule has 3 nitrogen and oxygen atoms in total. The first kappa shape index (κ1) is 14.9. The van der Waals surface area contributed by atoms with E-state index >= 15 is 0 Å². The molecule has 2 fully saturated rings. The van der Waals surface area contributed by atoms with Gasteiger partial charge in [-0.05, 0) is 56.2 Å². The quantitative estimate of drug-likeness (QED) is 0.846. The Hall–Kier alpha value is -1.06. The van der Waals surface area contributed by atoms with E-state index in [4.69, 9.17) is 4.74 Å². The van der Waals surface area contributed by atoms with Gasteiger partial charge in [0.05, 0.1) is 6.61 Å². The van der Waals surface area contributed by atoms with Crippen LogP contribution < -0.4 is 10.1 Å². The molecule has 0 aliphatic heterocycles. The molecule has 2 saturated carbocycles. The van der Waals surface area contributed by atoms with Crippen molar-refractivity contribution >= 4 is 0 Å². The standard InChI is InChI=1S/C18H27NO2/c1-2-14-5-3-6-16(11-14)21-17-7-4-10-18(12-17,13-20)19-15-8-9-15/h3,5-6,11,15,17,19-20H,2,4,7-10,12-13H2,1H3. The summed E-state index contributed by atoms with van der Waals surface area (Å²) in [4.78, 5) is 0. The van der Waals surface area contributed by atoms with Gasteiger partial charge in [0.2, 0.25) is 0 Å². The highest BCUT2D eigenvalue weighted by molar-refractivity contribution is 5.28. The molecule has 116 valence electrons. The summed E-state index contributed by atoms with van der Waals surface area (Å²) >= 11 is 0. The smallest absolute Gasteiger partial charge is 0.119 e. The Kier molecular flexibility index (Phi) is 4.51. The molecule has 0 aromatic heterocycles. The molecule has 2 aliphatic rings. The molecule has 0 radical (unpaired) electrons. The lowest BCUT2D eigenvalue weighted by atomic mass is 9.80. The van der Waals surface area contributed by atoms with Gasteiger partial charge in [-0.15, -0.1) is 0 Å². The van der Waals surface area contributed by atoms with Crippen LogP contribution >= 0.6 is 0 Å². The summed E-state index contributed by atoms with van der Waals surface area (Å²) in [6.45, 7) is 2.38. The molecule has 2 atom stereocenters. The van der Waals surface area contributed by atoms with E-state index in [1.807, 2.05) is 6.07 Å². The molecule has 0 saturated heterocycles. The molecule has 0 bridgehead atoms. The Balaban J connectivity index is 1.64. The van der Waals surface area contributed by atoms with Crippen molar-refractivity contribution in [3.8, 4) is 5.75 Å². The zero-order chi connectivity index (χ0) is 14.7. The number of nitrogens with one attached hydrogen (secondary N) is 1. The fourth-order valence-electron chi connectivity index (χ4n) is 3.42. The van der Waals surface area contributed by atoms with Gasteiger partial charge in [-0.2, -0.15) is 0 Å². The normalized spacial score (nSPS) is 29.3. The van der Waals surface area contributed by atoms with Crippen LogP contribution in [0.1, 0.15) is 51.0 Å². The van der Waals surface area contributed by atoms with E-state index in [0.29, 0.717) is 6.04 Å². The van der Waals surface area contributed by atoms with Crippen molar-refractivity contribution in [2.45, 2.75) is 69.6 Å². The SMILES string of the molecule is CCc1cccc(OC2CCCC(CO)(NC3CC3)C2)c1. The van der Waals surface area contributed by atoms with Gasteiger partial charge >= 0.3 is 0 Å². The Morgan fingerprint density at radius 2 is 2.19 bits per heavy atom. The Labute approximate surface area is 127 Å². The Morgan fingerprint density at radius 1 is 1.33 bits per heavy atom. The third-order valence-electron chi connectivity index (χ3n) is 4.80. The maximum atomic E-state index is 9.87. The number of aliphatic hydroxyl groups excluding tert-OH is 1. The summed E-state index contributed by atoms with van der Waals surface area (Å²) in [6, 6.07) is 9.02. The molecule has 21 heavy (non-hydrogen) atoms. The Bertz CT molecular complexity index is 472. The van der Waals surface area contributed by atoms with Gasteiger partial charge in [0.1, 0.15) is 11.9 Å². The summed E-state index contributed by atoms with van der Waals surface area (Å²) in [5.74, 6) is 0.972. The van der Waals surface area contributed by atoms with Crippen LogP contribution in [0, 0.1) is 0 Å². The minimum Gasteiger partial charge on any atom is -0.490 e. The van der Waals surface area contributed by atoms with Crippen LogP contribution in [0.2, 0.25) is 0 Å². The van der Waals surface area contributed by atoms with Gasteiger partial charge in [0.25, 0.3) is 0 Å². The number of hydrogen-bond donors (Lipinski definition) is 2. The zero-order valence-electron chi connectivity index (χ0n) is 13.0. The number of rotatable bonds is 6. The largest absolute Gasteiger partial charge is 0.490 e.